The molecule has 4 nitrogen and oxygen atoms in total. The van der Waals surface area contributed by atoms with Crippen LogP contribution in [0.15, 0.2) is 29.2 Å². The van der Waals surface area contributed by atoms with Crippen molar-refractivity contribution in [3.63, 3.8) is 0 Å². The molecular formula is C15H23NO3S. The second-order valence-corrected chi connectivity index (χ2v) is 7.08. The summed E-state index contributed by atoms with van der Waals surface area (Å²) in [5.74, 6) is 0.724. The first-order chi connectivity index (χ1) is 9.64. The SMILES string of the molecule is CCCOc1ccc(S(=O)(=O)N2CCCCCC2)cc1. The molecule has 1 heterocycles. The molecule has 0 aromatic heterocycles. The number of rotatable bonds is 5. The molecule has 1 aromatic rings. The molecule has 0 bridgehead atoms. The molecule has 0 spiro atoms. The lowest BCUT2D eigenvalue weighted by Gasteiger charge is -2.20. The Bertz CT molecular complexity index is 502. The molecule has 0 radical (unpaired) electrons. The van der Waals surface area contributed by atoms with Crippen molar-refractivity contribution in [2.45, 2.75) is 43.9 Å². The second kappa shape index (κ2) is 7.09. The minimum atomic E-state index is -3.34. The van der Waals surface area contributed by atoms with Gasteiger partial charge in [-0.1, -0.05) is 19.8 Å². The fourth-order valence-corrected chi connectivity index (χ4v) is 3.88. The van der Waals surface area contributed by atoms with Gasteiger partial charge in [0.1, 0.15) is 5.75 Å². The molecule has 1 aromatic carbocycles. The first kappa shape index (κ1) is 15.3. The lowest BCUT2D eigenvalue weighted by molar-refractivity contribution is 0.317. The van der Waals surface area contributed by atoms with E-state index in [-0.39, 0.29) is 0 Å². The number of benzene rings is 1. The predicted molar refractivity (Wildman–Crippen MR) is 79.5 cm³/mol. The minimum Gasteiger partial charge on any atom is -0.494 e. The molecule has 0 aliphatic carbocycles. The molecule has 0 atom stereocenters. The van der Waals surface area contributed by atoms with Gasteiger partial charge < -0.3 is 4.74 Å². The standard InChI is InChI=1S/C15H23NO3S/c1-2-13-19-14-7-9-15(10-8-14)20(17,18)16-11-5-3-4-6-12-16/h7-10H,2-6,11-13H2,1H3. The van der Waals surface area contributed by atoms with Gasteiger partial charge in [0.05, 0.1) is 11.5 Å². The Morgan fingerprint density at radius 2 is 1.65 bits per heavy atom. The quantitative estimate of drug-likeness (QED) is 0.839. The summed E-state index contributed by atoms with van der Waals surface area (Å²) in [6.45, 7) is 3.96. The van der Waals surface area contributed by atoms with Gasteiger partial charge in [0.15, 0.2) is 0 Å². The van der Waals surface area contributed by atoms with E-state index < -0.39 is 10.0 Å². The van der Waals surface area contributed by atoms with Crippen LogP contribution < -0.4 is 4.74 Å². The summed E-state index contributed by atoms with van der Waals surface area (Å²) in [4.78, 5) is 0.364. The third-order valence-corrected chi connectivity index (χ3v) is 5.41. The number of sulfonamides is 1. The summed E-state index contributed by atoms with van der Waals surface area (Å²) in [6, 6.07) is 6.76. The largest absolute Gasteiger partial charge is 0.494 e. The summed E-state index contributed by atoms with van der Waals surface area (Å²) < 4.78 is 32.2. The Morgan fingerprint density at radius 1 is 1.05 bits per heavy atom. The summed E-state index contributed by atoms with van der Waals surface area (Å²) in [5.41, 5.74) is 0. The number of hydrogen-bond acceptors (Lipinski definition) is 3. The van der Waals surface area contributed by atoms with Crippen molar-refractivity contribution < 1.29 is 13.2 Å². The maximum absolute atomic E-state index is 12.6. The zero-order valence-corrected chi connectivity index (χ0v) is 12.9. The smallest absolute Gasteiger partial charge is 0.243 e. The fourth-order valence-electron chi connectivity index (χ4n) is 2.36. The number of nitrogens with zero attached hydrogens (tertiary/aromatic N) is 1. The van der Waals surface area contributed by atoms with Crippen molar-refractivity contribution in [3.05, 3.63) is 24.3 Å². The third-order valence-electron chi connectivity index (χ3n) is 3.50. The highest BCUT2D eigenvalue weighted by atomic mass is 32.2. The molecule has 0 saturated carbocycles. The Morgan fingerprint density at radius 3 is 2.20 bits per heavy atom. The van der Waals surface area contributed by atoms with Gasteiger partial charge in [-0.05, 0) is 43.5 Å². The van der Waals surface area contributed by atoms with Crippen LogP contribution in [-0.2, 0) is 10.0 Å². The highest BCUT2D eigenvalue weighted by molar-refractivity contribution is 7.89. The normalized spacial score (nSPS) is 17.6. The van der Waals surface area contributed by atoms with E-state index in [0.29, 0.717) is 24.6 Å². The molecule has 0 N–H and O–H groups in total. The van der Waals surface area contributed by atoms with Gasteiger partial charge in [0.25, 0.3) is 0 Å². The predicted octanol–water partition coefficient (Wildman–Crippen LogP) is 3.04. The summed E-state index contributed by atoms with van der Waals surface area (Å²) >= 11 is 0. The van der Waals surface area contributed by atoms with Crippen molar-refractivity contribution >= 4 is 10.0 Å². The maximum atomic E-state index is 12.6. The van der Waals surface area contributed by atoms with Crippen molar-refractivity contribution in [1.29, 1.82) is 0 Å². The molecule has 0 amide bonds. The van der Waals surface area contributed by atoms with E-state index in [0.717, 1.165) is 37.9 Å². The van der Waals surface area contributed by atoms with E-state index in [1.807, 2.05) is 6.92 Å². The van der Waals surface area contributed by atoms with Crippen LogP contribution in [0.3, 0.4) is 0 Å². The van der Waals surface area contributed by atoms with Gasteiger partial charge in [-0.3, -0.25) is 0 Å². The molecule has 1 aliphatic rings. The molecule has 1 fully saturated rings. The molecule has 20 heavy (non-hydrogen) atoms. The van der Waals surface area contributed by atoms with Gasteiger partial charge >= 0.3 is 0 Å². The highest BCUT2D eigenvalue weighted by Gasteiger charge is 2.24. The number of ether oxygens (including phenoxy) is 1. The van der Waals surface area contributed by atoms with E-state index in [2.05, 4.69) is 0 Å². The molecule has 5 heteroatoms. The molecule has 0 unspecified atom stereocenters. The lowest BCUT2D eigenvalue weighted by atomic mass is 10.2. The van der Waals surface area contributed by atoms with E-state index >= 15 is 0 Å². The Kier molecular flexibility index (Phi) is 5.43. The average molecular weight is 297 g/mol. The van der Waals surface area contributed by atoms with E-state index in [1.54, 1.807) is 28.6 Å². The van der Waals surface area contributed by atoms with Crippen molar-refractivity contribution in [2.24, 2.45) is 0 Å². The molecule has 2 rings (SSSR count). The minimum absolute atomic E-state index is 0.364. The zero-order valence-electron chi connectivity index (χ0n) is 12.0. The monoisotopic (exact) mass is 297 g/mol. The summed E-state index contributed by atoms with van der Waals surface area (Å²) in [6.07, 6.45) is 5.09. The summed E-state index contributed by atoms with van der Waals surface area (Å²) in [7, 11) is -3.34. The third kappa shape index (κ3) is 3.73. The molecular weight excluding hydrogens is 274 g/mol. The van der Waals surface area contributed by atoms with Crippen molar-refractivity contribution in [3.8, 4) is 5.75 Å². The van der Waals surface area contributed by atoms with Gasteiger partial charge in [-0.15, -0.1) is 0 Å². The average Bonchev–Trinajstić information content (AvgIpc) is 2.75. The zero-order chi connectivity index (χ0) is 14.4. The van der Waals surface area contributed by atoms with Gasteiger partial charge in [-0.25, -0.2) is 8.42 Å². The van der Waals surface area contributed by atoms with Crippen LogP contribution >= 0.6 is 0 Å². The fraction of sp³-hybridized carbons (Fsp3) is 0.600. The van der Waals surface area contributed by atoms with Crippen LogP contribution in [0.4, 0.5) is 0 Å². The number of hydrogen-bond donors (Lipinski definition) is 0. The molecule has 1 saturated heterocycles. The van der Waals surface area contributed by atoms with E-state index in [1.165, 1.54) is 0 Å². The first-order valence-electron chi connectivity index (χ1n) is 7.37. The molecule has 1 aliphatic heterocycles. The van der Waals surface area contributed by atoms with Crippen LogP contribution in [0.5, 0.6) is 5.75 Å². The Hall–Kier alpha value is -1.07. The van der Waals surface area contributed by atoms with E-state index in [4.69, 9.17) is 4.74 Å². The lowest BCUT2D eigenvalue weighted by Crippen LogP contribution is -2.31. The van der Waals surface area contributed by atoms with Crippen molar-refractivity contribution in [2.75, 3.05) is 19.7 Å². The summed E-state index contributed by atoms with van der Waals surface area (Å²) in [5, 5.41) is 0. The van der Waals surface area contributed by atoms with Crippen LogP contribution in [-0.4, -0.2) is 32.4 Å². The van der Waals surface area contributed by atoms with Crippen LogP contribution in [0, 0.1) is 0 Å². The second-order valence-electron chi connectivity index (χ2n) is 5.14. The van der Waals surface area contributed by atoms with Gasteiger partial charge in [0.2, 0.25) is 10.0 Å². The first-order valence-corrected chi connectivity index (χ1v) is 8.81. The topological polar surface area (TPSA) is 46.6 Å². The van der Waals surface area contributed by atoms with Crippen LogP contribution in [0.2, 0.25) is 0 Å². The molecule has 112 valence electrons. The van der Waals surface area contributed by atoms with E-state index in [9.17, 15) is 8.42 Å². The van der Waals surface area contributed by atoms with Crippen molar-refractivity contribution in [1.82, 2.24) is 4.31 Å². The Balaban J connectivity index is 2.12. The highest BCUT2D eigenvalue weighted by Crippen LogP contribution is 2.22. The van der Waals surface area contributed by atoms with Crippen LogP contribution in [0.25, 0.3) is 0 Å². The van der Waals surface area contributed by atoms with Gasteiger partial charge in [-0.2, -0.15) is 4.31 Å². The van der Waals surface area contributed by atoms with Gasteiger partial charge in [0, 0.05) is 13.1 Å². The van der Waals surface area contributed by atoms with Crippen LogP contribution in [0.1, 0.15) is 39.0 Å². The maximum Gasteiger partial charge on any atom is 0.243 e. The Labute approximate surface area is 121 Å².